The molecule has 0 radical (unpaired) electrons. The Balaban J connectivity index is 1.90. The fourth-order valence-electron chi connectivity index (χ4n) is 2.59. The van der Waals surface area contributed by atoms with Gasteiger partial charge in [-0.3, -0.25) is 9.69 Å². The van der Waals surface area contributed by atoms with Crippen molar-refractivity contribution < 1.29 is 4.79 Å². The van der Waals surface area contributed by atoms with E-state index in [9.17, 15) is 4.79 Å². The van der Waals surface area contributed by atoms with Crippen LogP contribution in [0, 0.1) is 12.8 Å². The minimum Gasteiger partial charge on any atom is -0.325 e. The number of rotatable bonds is 3. The molecule has 0 bridgehead atoms. The van der Waals surface area contributed by atoms with Crippen molar-refractivity contribution in [3.05, 3.63) is 28.2 Å². The molecule has 1 aromatic carbocycles. The van der Waals surface area contributed by atoms with Crippen LogP contribution >= 0.6 is 15.9 Å². The van der Waals surface area contributed by atoms with E-state index in [1.165, 1.54) is 12.8 Å². The van der Waals surface area contributed by atoms with Gasteiger partial charge in [-0.1, -0.05) is 22.9 Å². The fourth-order valence-corrected chi connectivity index (χ4v) is 3.07. The average Bonchev–Trinajstić information content (AvgIpc) is 2.33. The summed E-state index contributed by atoms with van der Waals surface area (Å²) >= 11 is 3.43. The van der Waals surface area contributed by atoms with Crippen LogP contribution in [0.5, 0.6) is 0 Å². The van der Waals surface area contributed by atoms with Crippen LogP contribution in [0.1, 0.15) is 25.3 Å². The third-order valence-electron chi connectivity index (χ3n) is 3.57. The zero-order valence-electron chi connectivity index (χ0n) is 11.6. The van der Waals surface area contributed by atoms with Crippen LogP contribution in [-0.4, -0.2) is 30.4 Å². The number of aryl methyl sites for hydroxylation is 1. The lowest BCUT2D eigenvalue weighted by molar-refractivity contribution is -0.117. The zero-order valence-corrected chi connectivity index (χ0v) is 13.2. The van der Waals surface area contributed by atoms with Gasteiger partial charge in [-0.2, -0.15) is 0 Å². The lowest BCUT2D eigenvalue weighted by Gasteiger charge is -2.30. The Bertz CT molecular complexity index is 461. The van der Waals surface area contributed by atoms with Gasteiger partial charge in [0.05, 0.1) is 6.54 Å². The van der Waals surface area contributed by atoms with Crippen molar-refractivity contribution in [2.75, 3.05) is 25.0 Å². The van der Waals surface area contributed by atoms with E-state index in [2.05, 4.69) is 33.1 Å². The minimum absolute atomic E-state index is 0.0829. The minimum atomic E-state index is 0.0829. The monoisotopic (exact) mass is 324 g/mol. The molecule has 0 unspecified atom stereocenters. The Labute approximate surface area is 123 Å². The van der Waals surface area contributed by atoms with E-state index in [0.717, 1.165) is 28.8 Å². The van der Waals surface area contributed by atoms with Gasteiger partial charge in [0.15, 0.2) is 0 Å². The molecule has 19 heavy (non-hydrogen) atoms. The summed E-state index contributed by atoms with van der Waals surface area (Å²) in [5, 5.41) is 3.00. The second-order valence-electron chi connectivity index (χ2n) is 5.49. The molecule has 1 amide bonds. The number of piperidine rings is 1. The maximum Gasteiger partial charge on any atom is 0.238 e. The van der Waals surface area contributed by atoms with Crippen molar-refractivity contribution >= 4 is 27.5 Å². The Kier molecular flexibility index (Phi) is 4.99. The van der Waals surface area contributed by atoms with Crippen LogP contribution in [0.25, 0.3) is 0 Å². The van der Waals surface area contributed by atoms with Gasteiger partial charge in [0.2, 0.25) is 5.91 Å². The topological polar surface area (TPSA) is 32.3 Å². The molecule has 1 heterocycles. The van der Waals surface area contributed by atoms with Gasteiger partial charge < -0.3 is 5.32 Å². The van der Waals surface area contributed by atoms with Crippen molar-refractivity contribution in [3.63, 3.8) is 0 Å². The van der Waals surface area contributed by atoms with Gasteiger partial charge in [0.25, 0.3) is 0 Å². The predicted molar refractivity (Wildman–Crippen MR) is 82.3 cm³/mol. The first-order chi connectivity index (χ1) is 9.04. The quantitative estimate of drug-likeness (QED) is 0.923. The van der Waals surface area contributed by atoms with Crippen LogP contribution in [0.4, 0.5) is 5.69 Å². The number of halogens is 1. The molecule has 1 aliphatic heterocycles. The number of benzene rings is 1. The Morgan fingerprint density at radius 3 is 3.00 bits per heavy atom. The summed E-state index contributed by atoms with van der Waals surface area (Å²) in [4.78, 5) is 14.3. The Hall–Kier alpha value is -0.870. The molecule has 1 N–H and O–H groups in total. The highest BCUT2D eigenvalue weighted by molar-refractivity contribution is 9.10. The summed E-state index contributed by atoms with van der Waals surface area (Å²) in [6.45, 7) is 6.83. The number of hydrogen-bond acceptors (Lipinski definition) is 2. The fraction of sp³-hybridized carbons (Fsp3) is 0.533. The summed E-state index contributed by atoms with van der Waals surface area (Å²) in [6, 6.07) is 5.90. The van der Waals surface area contributed by atoms with Crippen LogP contribution < -0.4 is 5.32 Å². The van der Waals surface area contributed by atoms with E-state index in [1.54, 1.807) is 0 Å². The molecule has 4 heteroatoms. The van der Waals surface area contributed by atoms with E-state index in [0.29, 0.717) is 12.5 Å². The molecule has 3 nitrogen and oxygen atoms in total. The van der Waals surface area contributed by atoms with Crippen molar-refractivity contribution in [1.29, 1.82) is 0 Å². The Morgan fingerprint density at radius 2 is 2.32 bits per heavy atom. The summed E-state index contributed by atoms with van der Waals surface area (Å²) in [5.74, 6) is 0.787. The molecule has 1 aliphatic rings. The first-order valence-electron chi connectivity index (χ1n) is 6.83. The number of anilines is 1. The van der Waals surface area contributed by atoms with E-state index >= 15 is 0 Å². The summed E-state index contributed by atoms with van der Waals surface area (Å²) in [7, 11) is 0. The largest absolute Gasteiger partial charge is 0.325 e. The SMILES string of the molecule is Cc1cc(Br)ccc1NC(=O)CN1CCC[C@@H](C)C1. The van der Waals surface area contributed by atoms with Crippen LogP contribution in [-0.2, 0) is 4.79 Å². The van der Waals surface area contributed by atoms with E-state index in [-0.39, 0.29) is 5.91 Å². The second kappa shape index (κ2) is 6.53. The molecule has 0 aromatic heterocycles. The van der Waals surface area contributed by atoms with Crippen LogP contribution in [0.2, 0.25) is 0 Å². The van der Waals surface area contributed by atoms with Crippen molar-refractivity contribution in [3.8, 4) is 0 Å². The van der Waals surface area contributed by atoms with Gasteiger partial charge in [0, 0.05) is 16.7 Å². The molecule has 1 saturated heterocycles. The molecule has 0 aliphatic carbocycles. The smallest absolute Gasteiger partial charge is 0.238 e. The highest BCUT2D eigenvalue weighted by Crippen LogP contribution is 2.20. The van der Waals surface area contributed by atoms with Crippen molar-refractivity contribution in [2.24, 2.45) is 5.92 Å². The van der Waals surface area contributed by atoms with Crippen LogP contribution in [0.15, 0.2) is 22.7 Å². The third kappa shape index (κ3) is 4.32. The number of likely N-dealkylation sites (tertiary alicyclic amines) is 1. The van der Waals surface area contributed by atoms with Gasteiger partial charge in [0.1, 0.15) is 0 Å². The lowest BCUT2D eigenvalue weighted by atomic mass is 10.0. The maximum atomic E-state index is 12.1. The normalized spacial score (nSPS) is 20.3. The van der Waals surface area contributed by atoms with E-state index in [4.69, 9.17) is 0 Å². The summed E-state index contributed by atoms with van der Waals surface area (Å²) in [6.07, 6.45) is 2.48. The number of hydrogen-bond donors (Lipinski definition) is 1. The molecule has 1 fully saturated rings. The lowest BCUT2D eigenvalue weighted by Crippen LogP contribution is -2.39. The average molecular weight is 325 g/mol. The van der Waals surface area contributed by atoms with Crippen LogP contribution in [0.3, 0.4) is 0 Å². The molecular weight excluding hydrogens is 304 g/mol. The first-order valence-corrected chi connectivity index (χ1v) is 7.62. The number of carbonyl (C=O) groups is 1. The molecule has 1 atom stereocenters. The maximum absolute atomic E-state index is 12.1. The van der Waals surface area contributed by atoms with Gasteiger partial charge in [-0.15, -0.1) is 0 Å². The van der Waals surface area contributed by atoms with Gasteiger partial charge in [-0.05, 0) is 56.0 Å². The number of carbonyl (C=O) groups excluding carboxylic acids is 1. The predicted octanol–water partition coefficient (Wildman–Crippen LogP) is 3.43. The Morgan fingerprint density at radius 1 is 1.53 bits per heavy atom. The molecule has 104 valence electrons. The first kappa shape index (κ1) is 14.5. The molecule has 1 aromatic rings. The highest BCUT2D eigenvalue weighted by Gasteiger charge is 2.18. The van der Waals surface area contributed by atoms with Gasteiger partial charge in [-0.25, -0.2) is 0 Å². The highest BCUT2D eigenvalue weighted by atomic mass is 79.9. The van der Waals surface area contributed by atoms with E-state index in [1.807, 2.05) is 25.1 Å². The summed E-state index contributed by atoms with van der Waals surface area (Å²) in [5.41, 5.74) is 1.98. The number of nitrogens with one attached hydrogen (secondary N) is 1. The molecule has 0 saturated carbocycles. The number of amides is 1. The van der Waals surface area contributed by atoms with Crippen molar-refractivity contribution in [1.82, 2.24) is 4.90 Å². The molecule has 0 spiro atoms. The standard InChI is InChI=1S/C15H21BrN2O/c1-11-4-3-7-18(9-11)10-15(19)17-14-6-5-13(16)8-12(14)2/h5-6,8,11H,3-4,7,9-10H2,1-2H3,(H,17,19)/t11-/m1/s1. The number of nitrogens with zero attached hydrogens (tertiary/aromatic N) is 1. The summed E-state index contributed by atoms with van der Waals surface area (Å²) < 4.78 is 1.04. The van der Waals surface area contributed by atoms with Crippen molar-refractivity contribution in [2.45, 2.75) is 26.7 Å². The second-order valence-corrected chi connectivity index (χ2v) is 6.41. The molecular formula is C15H21BrN2O. The third-order valence-corrected chi connectivity index (χ3v) is 4.06. The van der Waals surface area contributed by atoms with E-state index < -0.39 is 0 Å². The van der Waals surface area contributed by atoms with Gasteiger partial charge >= 0.3 is 0 Å². The zero-order chi connectivity index (χ0) is 13.8. The molecule has 2 rings (SSSR count).